The summed E-state index contributed by atoms with van der Waals surface area (Å²) in [5.74, 6) is 0.490. The van der Waals surface area contributed by atoms with Gasteiger partial charge < -0.3 is 10.5 Å². The zero-order valence-corrected chi connectivity index (χ0v) is 9.21. The van der Waals surface area contributed by atoms with Gasteiger partial charge in [0.1, 0.15) is 5.75 Å². The van der Waals surface area contributed by atoms with Gasteiger partial charge in [-0.1, -0.05) is 18.2 Å². The van der Waals surface area contributed by atoms with Gasteiger partial charge in [0.2, 0.25) is 6.86 Å². The molecule has 0 unspecified atom stereocenters. The van der Waals surface area contributed by atoms with Crippen molar-refractivity contribution in [3.05, 3.63) is 59.9 Å². The molecule has 0 aliphatic carbocycles. The highest BCUT2D eigenvalue weighted by Gasteiger charge is 2.09. The molecule has 4 heteroatoms. The van der Waals surface area contributed by atoms with Crippen molar-refractivity contribution < 1.29 is 9.13 Å². The smallest absolute Gasteiger partial charge is 0.228 e. The van der Waals surface area contributed by atoms with Gasteiger partial charge in [0, 0.05) is 6.20 Å². The Balaban J connectivity index is 2.17. The van der Waals surface area contributed by atoms with Crippen molar-refractivity contribution in [1.29, 1.82) is 0 Å². The number of benzene rings is 1. The molecular weight excluding hydrogens is 219 g/mol. The molecule has 2 rings (SSSR count). The van der Waals surface area contributed by atoms with Crippen molar-refractivity contribution in [1.82, 2.24) is 4.98 Å². The molecule has 0 aliphatic heterocycles. The summed E-state index contributed by atoms with van der Waals surface area (Å²) in [5.41, 5.74) is 7.77. The summed E-state index contributed by atoms with van der Waals surface area (Å²) in [6.07, 6.45) is 1.70. The fourth-order valence-electron chi connectivity index (χ4n) is 1.57. The predicted molar refractivity (Wildman–Crippen MR) is 63.3 cm³/mol. The van der Waals surface area contributed by atoms with Crippen LogP contribution >= 0.6 is 0 Å². The zero-order chi connectivity index (χ0) is 12.1. The molecule has 1 aromatic heterocycles. The van der Waals surface area contributed by atoms with Gasteiger partial charge >= 0.3 is 0 Å². The van der Waals surface area contributed by atoms with E-state index in [1.807, 2.05) is 30.3 Å². The van der Waals surface area contributed by atoms with Crippen LogP contribution in [0.3, 0.4) is 0 Å². The number of hydrogen-bond acceptors (Lipinski definition) is 3. The maximum absolute atomic E-state index is 11.9. The van der Waals surface area contributed by atoms with Crippen LogP contribution < -0.4 is 10.5 Å². The fourth-order valence-corrected chi connectivity index (χ4v) is 1.57. The standard InChI is InChI=1S/C13H13FN2O/c14-9-17-11-6-4-10(5-7-11)13(15)12-3-1-2-8-16-12/h1-8,13H,9,15H2/t13-/m0/s1. The lowest BCUT2D eigenvalue weighted by atomic mass is 10.0. The van der Waals surface area contributed by atoms with E-state index >= 15 is 0 Å². The first-order valence-corrected chi connectivity index (χ1v) is 5.26. The van der Waals surface area contributed by atoms with Crippen LogP contribution in [0.15, 0.2) is 48.7 Å². The number of ether oxygens (including phenoxy) is 1. The topological polar surface area (TPSA) is 48.1 Å². The quantitative estimate of drug-likeness (QED) is 0.880. The molecule has 0 fully saturated rings. The molecule has 0 saturated heterocycles. The van der Waals surface area contributed by atoms with E-state index in [4.69, 9.17) is 10.5 Å². The average molecular weight is 232 g/mol. The Hall–Kier alpha value is -1.94. The van der Waals surface area contributed by atoms with Crippen LogP contribution in [0.4, 0.5) is 4.39 Å². The summed E-state index contributed by atoms with van der Waals surface area (Å²) in [6.45, 7) is -0.828. The van der Waals surface area contributed by atoms with E-state index in [0.29, 0.717) is 5.75 Å². The fraction of sp³-hybridized carbons (Fsp3) is 0.154. The molecule has 0 spiro atoms. The molecule has 88 valence electrons. The highest BCUT2D eigenvalue weighted by molar-refractivity contribution is 5.32. The lowest BCUT2D eigenvalue weighted by Crippen LogP contribution is -2.13. The van der Waals surface area contributed by atoms with Crippen molar-refractivity contribution in [3.63, 3.8) is 0 Å². The lowest BCUT2D eigenvalue weighted by molar-refractivity contribution is 0.191. The molecule has 17 heavy (non-hydrogen) atoms. The van der Waals surface area contributed by atoms with Crippen molar-refractivity contribution >= 4 is 0 Å². The van der Waals surface area contributed by atoms with Gasteiger partial charge in [0.25, 0.3) is 0 Å². The van der Waals surface area contributed by atoms with Crippen LogP contribution in [0.25, 0.3) is 0 Å². The van der Waals surface area contributed by atoms with Crippen LogP contribution in [0.5, 0.6) is 5.75 Å². The monoisotopic (exact) mass is 232 g/mol. The van der Waals surface area contributed by atoms with Gasteiger partial charge in [-0.3, -0.25) is 4.98 Å². The number of aromatic nitrogens is 1. The molecule has 3 nitrogen and oxygen atoms in total. The first-order valence-electron chi connectivity index (χ1n) is 5.26. The first-order chi connectivity index (χ1) is 8.31. The molecule has 2 aromatic rings. The number of alkyl halides is 1. The number of hydrogen-bond donors (Lipinski definition) is 1. The second-order valence-electron chi connectivity index (χ2n) is 3.55. The summed E-state index contributed by atoms with van der Waals surface area (Å²) in [7, 11) is 0. The molecule has 1 aromatic carbocycles. The van der Waals surface area contributed by atoms with E-state index in [0.717, 1.165) is 11.3 Å². The van der Waals surface area contributed by atoms with E-state index < -0.39 is 6.86 Å². The van der Waals surface area contributed by atoms with Crippen molar-refractivity contribution in [2.75, 3.05) is 6.86 Å². The van der Waals surface area contributed by atoms with Crippen LogP contribution in [-0.2, 0) is 0 Å². The van der Waals surface area contributed by atoms with Gasteiger partial charge in [-0.05, 0) is 29.8 Å². The summed E-state index contributed by atoms with van der Waals surface area (Å²) in [5, 5.41) is 0. The third-order valence-corrected chi connectivity index (χ3v) is 2.47. The van der Waals surface area contributed by atoms with Crippen LogP contribution in [0, 0.1) is 0 Å². The van der Waals surface area contributed by atoms with Crippen LogP contribution in [-0.4, -0.2) is 11.8 Å². The number of halogens is 1. The van der Waals surface area contributed by atoms with Crippen molar-refractivity contribution in [3.8, 4) is 5.75 Å². The molecule has 1 atom stereocenters. The normalized spacial score (nSPS) is 12.1. The van der Waals surface area contributed by atoms with Gasteiger partial charge in [-0.25, -0.2) is 4.39 Å². The minimum atomic E-state index is -0.828. The van der Waals surface area contributed by atoms with Gasteiger partial charge in [-0.2, -0.15) is 0 Å². The van der Waals surface area contributed by atoms with E-state index in [-0.39, 0.29) is 6.04 Å². The molecule has 0 aliphatic rings. The van der Waals surface area contributed by atoms with Gasteiger partial charge in [0.15, 0.2) is 0 Å². The summed E-state index contributed by atoms with van der Waals surface area (Å²) in [4.78, 5) is 4.20. The van der Waals surface area contributed by atoms with E-state index in [1.165, 1.54) is 0 Å². The molecule has 2 N–H and O–H groups in total. The molecule has 0 bridgehead atoms. The minimum Gasteiger partial charge on any atom is -0.463 e. The summed E-state index contributed by atoms with van der Waals surface area (Å²) in [6, 6.07) is 12.3. The Morgan fingerprint density at radius 3 is 2.53 bits per heavy atom. The Morgan fingerprint density at radius 1 is 1.18 bits per heavy atom. The summed E-state index contributed by atoms with van der Waals surface area (Å²) < 4.78 is 16.7. The Kier molecular flexibility index (Phi) is 3.67. The largest absolute Gasteiger partial charge is 0.463 e. The second-order valence-corrected chi connectivity index (χ2v) is 3.55. The average Bonchev–Trinajstić information content (AvgIpc) is 2.40. The predicted octanol–water partition coefficient (Wildman–Crippen LogP) is 2.44. The summed E-state index contributed by atoms with van der Waals surface area (Å²) >= 11 is 0. The Morgan fingerprint density at radius 2 is 1.94 bits per heavy atom. The Labute approximate surface area is 99.1 Å². The third-order valence-electron chi connectivity index (χ3n) is 2.47. The zero-order valence-electron chi connectivity index (χ0n) is 9.21. The maximum Gasteiger partial charge on any atom is 0.228 e. The lowest BCUT2D eigenvalue weighted by Gasteiger charge is -2.11. The minimum absolute atomic E-state index is 0.282. The van der Waals surface area contributed by atoms with E-state index in [1.54, 1.807) is 18.3 Å². The van der Waals surface area contributed by atoms with Crippen LogP contribution in [0.1, 0.15) is 17.3 Å². The highest BCUT2D eigenvalue weighted by Crippen LogP contribution is 2.20. The SMILES string of the molecule is N[C@@H](c1ccc(OCF)cc1)c1ccccn1. The first kappa shape index (κ1) is 11.5. The molecule has 0 saturated carbocycles. The van der Waals surface area contributed by atoms with E-state index in [2.05, 4.69) is 4.98 Å². The van der Waals surface area contributed by atoms with Crippen LogP contribution in [0.2, 0.25) is 0 Å². The highest BCUT2D eigenvalue weighted by atomic mass is 19.1. The third kappa shape index (κ3) is 2.79. The van der Waals surface area contributed by atoms with Gasteiger partial charge in [-0.15, -0.1) is 0 Å². The molecular formula is C13H13FN2O. The maximum atomic E-state index is 11.9. The van der Waals surface area contributed by atoms with Crippen molar-refractivity contribution in [2.45, 2.75) is 6.04 Å². The van der Waals surface area contributed by atoms with Gasteiger partial charge in [0.05, 0.1) is 11.7 Å². The number of pyridine rings is 1. The number of rotatable bonds is 4. The van der Waals surface area contributed by atoms with Crippen molar-refractivity contribution in [2.24, 2.45) is 5.73 Å². The number of nitrogens with two attached hydrogens (primary N) is 1. The number of nitrogens with zero attached hydrogens (tertiary/aromatic N) is 1. The molecule has 0 radical (unpaired) electrons. The molecule has 0 amide bonds. The van der Waals surface area contributed by atoms with E-state index in [9.17, 15) is 4.39 Å². The Bertz CT molecular complexity index is 459. The molecule has 1 heterocycles. The second kappa shape index (κ2) is 5.41.